The van der Waals surface area contributed by atoms with Crippen molar-refractivity contribution < 1.29 is 4.39 Å². The van der Waals surface area contributed by atoms with Crippen molar-refractivity contribution in [2.24, 2.45) is 0 Å². The molecule has 0 aliphatic heterocycles. The van der Waals surface area contributed by atoms with E-state index in [1.807, 2.05) is 6.07 Å². The van der Waals surface area contributed by atoms with E-state index >= 15 is 0 Å². The Labute approximate surface area is 119 Å². The highest BCUT2D eigenvalue weighted by molar-refractivity contribution is 6.17. The maximum Gasteiger partial charge on any atom is 0.129 e. The summed E-state index contributed by atoms with van der Waals surface area (Å²) in [5, 5.41) is 9.18. The zero-order valence-corrected chi connectivity index (χ0v) is 11.0. The van der Waals surface area contributed by atoms with Crippen LogP contribution in [0.25, 0.3) is 16.7 Å². The fraction of sp³-hybridized carbons (Fsp3) is 0.0714. The molecular weight excluding hydrogens is 279 g/mol. The van der Waals surface area contributed by atoms with E-state index in [-0.39, 0.29) is 11.4 Å². The van der Waals surface area contributed by atoms with Gasteiger partial charge >= 0.3 is 0 Å². The fourth-order valence-corrected chi connectivity index (χ4v) is 2.31. The van der Waals surface area contributed by atoms with Crippen LogP contribution in [0.4, 0.5) is 4.39 Å². The van der Waals surface area contributed by atoms with Crippen molar-refractivity contribution in [3.63, 3.8) is 0 Å². The summed E-state index contributed by atoms with van der Waals surface area (Å²) >= 11 is 5.92. The van der Waals surface area contributed by atoms with Crippen LogP contribution < -0.4 is 0 Å². The average molecular weight is 287 g/mol. The van der Waals surface area contributed by atoms with Crippen molar-refractivity contribution >= 4 is 22.6 Å². The van der Waals surface area contributed by atoms with Crippen molar-refractivity contribution in [3.05, 3.63) is 53.9 Å². The molecule has 3 rings (SSSR count). The van der Waals surface area contributed by atoms with Gasteiger partial charge in [0.05, 0.1) is 28.8 Å². The molecule has 0 saturated carbocycles. The van der Waals surface area contributed by atoms with Gasteiger partial charge in [-0.1, -0.05) is 0 Å². The van der Waals surface area contributed by atoms with E-state index in [2.05, 4.69) is 9.97 Å². The van der Waals surface area contributed by atoms with Crippen LogP contribution in [0.5, 0.6) is 0 Å². The van der Waals surface area contributed by atoms with Crippen molar-refractivity contribution in [1.82, 2.24) is 14.5 Å². The van der Waals surface area contributed by atoms with E-state index in [4.69, 9.17) is 11.6 Å². The Bertz CT molecular complexity index is 835. The molecule has 1 aromatic carbocycles. The van der Waals surface area contributed by atoms with Crippen molar-refractivity contribution in [2.75, 3.05) is 0 Å². The van der Waals surface area contributed by atoms with Gasteiger partial charge in [0.25, 0.3) is 0 Å². The molecule has 0 saturated heterocycles. The Morgan fingerprint density at radius 2 is 2.20 bits per heavy atom. The maximum atomic E-state index is 13.3. The van der Waals surface area contributed by atoms with E-state index < -0.39 is 5.82 Å². The first-order valence-corrected chi connectivity index (χ1v) is 6.35. The predicted octanol–water partition coefficient (Wildman–Crippen LogP) is 3.17. The molecule has 0 fully saturated rings. The van der Waals surface area contributed by atoms with E-state index in [1.165, 1.54) is 12.1 Å². The Morgan fingerprint density at radius 1 is 1.35 bits per heavy atom. The number of halogens is 2. The summed E-state index contributed by atoms with van der Waals surface area (Å²) in [5.41, 5.74) is 2.24. The maximum absolute atomic E-state index is 13.3. The number of benzene rings is 1. The Hall–Kier alpha value is -2.45. The zero-order chi connectivity index (χ0) is 14.1. The number of fused-ring (bicyclic) bond motifs is 1. The normalized spacial score (nSPS) is 10.7. The molecule has 2 heterocycles. The third kappa shape index (κ3) is 1.91. The summed E-state index contributed by atoms with van der Waals surface area (Å²) in [7, 11) is 0. The molecular formula is C14H8ClFN4. The summed E-state index contributed by atoms with van der Waals surface area (Å²) in [6, 6.07) is 7.82. The van der Waals surface area contributed by atoms with E-state index in [1.54, 1.807) is 29.1 Å². The number of imidazole rings is 1. The molecule has 2 aromatic heterocycles. The summed E-state index contributed by atoms with van der Waals surface area (Å²) in [4.78, 5) is 8.38. The van der Waals surface area contributed by atoms with E-state index in [9.17, 15) is 9.65 Å². The van der Waals surface area contributed by atoms with Crippen molar-refractivity contribution in [2.45, 2.75) is 5.88 Å². The lowest BCUT2D eigenvalue weighted by atomic mass is 10.2. The van der Waals surface area contributed by atoms with Crippen molar-refractivity contribution in [3.8, 4) is 11.8 Å². The Morgan fingerprint density at radius 3 is 2.95 bits per heavy atom. The van der Waals surface area contributed by atoms with Crippen LogP contribution in [0.2, 0.25) is 0 Å². The minimum Gasteiger partial charge on any atom is -0.294 e. The predicted molar refractivity (Wildman–Crippen MR) is 73.1 cm³/mol. The smallest absolute Gasteiger partial charge is 0.129 e. The molecule has 3 aromatic rings. The highest BCUT2D eigenvalue weighted by Crippen LogP contribution is 2.24. The minimum atomic E-state index is -0.455. The molecule has 0 unspecified atom stereocenters. The summed E-state index contributed by atoms with van der Waals surface area (Å²) in [5.74, 6) is 0.304. The number of pyridine rings is 1. The Balaban J connectivity index is 2.37. The minimum absolute atomic E-state index is 0.178. The van der Waals surface area contributed by atoms with Crippen LogP contribution in [0.15, 0.2) is 36.7 Å². The lowest BCUT2D eigenvalue weighted by Crippen LogP contribution is -2.02. The first kappa shape index (κ1) is 12.6. The second kappa shape index (κ2) is 4.91. The summed E-state index contributed by atoms with van der Waals surface area (Å²) in [6.45, 7) is 0. The Kier molecular flexibility index (Phi) is 3.09. The number of nitriles is 1. The molecule has 0 spiro atoms. The topological polar surface area (TPSA) is 54.5 Å². The lowest BCUT2D eigenvalue weighted by molar-refractivity contribution is 0.627. The van der Waals surface area contributed by atoms with Gasteiger partial charge in [-0.25, -0.2) is 9.37 Å². The molecule has 4 nitrogen and oxygen atoms in total. The number of rotatable bonds is 2. The molecule has 0 aliphatic carbocycles. The molecule has 0 bridgehead atoms. The highest BCUT2D eigenvalue weighted by atomic mass is 35.5. The number of aromatic nitrogens is 3. The first-order valence-electron chi connectivity index (χ1n) is 5.82. The number of hydrogen-bond donors (Lipinski definition) is 0. The largest absolute Gasteiger partial charge is 0.294 e. The van der Waals surface area contributed by atoms with Gasteiger partial charge in [-0.2, -0.15) is 5.26 Å². The monoisotopic (exact) mass is 286 g/mol. The van der Waals surface area contributed by atoms with Crippen LogP contribution in [-0.4, -0.2) is 14.5 Å². The van der Waals surface area contributed by atoms with Gasteiger partial charge in [-0.3, -0.25) is 9.55 Å². The van der Waals surface area contributed by atoms with Crippen molar-refractivity contribution in [1.29, 1.82) is 5.26 Å². The fourth-order valence-electron chi connectivity index (χ4n) is 2.13. The van der Waals surface area contributed by atoms with Gasteiger partial charge in [-0.15, -0.1) is 11.6 Å². The summed E-state index contributed by atoms with van der Waals surface area (Å²) < 4.78 is 15.0. The number of alkyl halides is 1. The zero-order valence-electron chi connectivity index (χ0n) is 10.2. The number of hydrogen-bond acceptors (Lipinski definition) is 3. The van der Waals surface area contributed by atoms with Gasteiger partial charge in [0.15, 0.2) is 0 Å². The molecule has 0 aliphatic rings. The third-order valence-corrected chi connectivity index (χ3v) is 3.20. The van der Waals surface area contributed by atoms with Crippen LogP contribution in [0, 0.1) is 17.1 Å². The third-order valence-electron chi connectivity index (χ3n) is 2.97. The molecule has 0 amide bonds. The molecule has 6 heteroatoms. The van der Waals surface area contributed by atoms with Gasteiger partial charge in [0, 0.05) is 6.20 Å². The second-order valence-corrected chi connectivity index (χ2v) is 4.40. The molecule has 98 valence electrons. The van der Waals surface area contributed by atoms with Gasteiger partial charge in [0.2, 0.25) is 0 Å². The summed E-state index contributed by atoms with van der Waals surface area (Å²) in [6.07, 6.45) is 3.26. The molecule has 0 atom stereocenters. The van der Waals surface area contributed by atoms with Gasteiger partial charge in [-0.05, 0) is 24.3 Å². The first-order chi connectivity index (χ1) is 9.74. The number of nitrogens with zero attached hydrogens (tertiary/aromatic N) is 4. The van der Waals surface area contributed by atoms with Crippen LogP contribution in [0.3, 0.4) is 0 Å². The van der Waals surface area contributed by atoms with Gasteiger partial charge < -0.3 is 0 Å². The second-order valence-electron chi connectivity index (χ2n) is 4.13. The van der Waals surface area contributed by atoms with Crippen LogP contribution in [-0.2, 0) is 5.88 Å². The average Bonchev–Trinajstić information content (AvgIpc) is 2.85. The highest BCUT2D eigenvalue weighted by Gasteiger charge is 2.15. The van der Waals surface area contributed by atoms with Crippen LogP contribution >= 0.6 is 11.6 Å². The van der Waals surface area contributed by atoms with E-state index in [0.717, 1.165) is 5.52 Å². The van der Waals surface area contributed by atoms with Gasteiger partial charge in [0.1, 0.15) is 23.2 Å². The SMILES string of the molecule is N#Cc1cc(F)ccc1-n1c(CCl)nc2cnccc21. The van der Waals surface area contributed by atoms with Crippen LogP contribution in [0.1, 0.15) is 11.4 Å². The molecule has 20 heavy (non-hydrogen) atoms. The van der Waals surface area contributed by atoms with E-state index in [0.29, 0.717) is 17.0 Å². The molecule has 0 N–H and O–H groups in total. The quantitative estimate of drug-likeness (QED) is 0.680. The lowest BCUT2D eigenvalue weighted by Gasteiger charge is -2.09. The standard InChI is InChI=1S/C14H8ClFN4/c15-6-14-19-11-8-18-4-3-13(11)20(14)12-2-1-10(16)5-9(12)7-17/h1-5,8H,6H2. The molecule has 0 radical (unpaired) electrons.